The van der Waals surface area contributed by atoms with E-state index in [1.54, 1.807) is 0 Å². The highest BCUT2D eigenvalue weighted by Gasteiger charge is 2.26. The Morgan fingerprint density at radius 2 is 1.79 bits per heavy atom. The number of nitrogens with one attached hydrogen (secondary N) is 4. The van der Waals surface area contributed by atoms with Gasteiger partial charge < -0.3 is 49.0 Å². The minimum absolute atomic E-state index is 0.0420. The Labute approximate surface area is 194 Å². The molecule has 188 valence electrons. The van der Waals surface area contributed by atoms with Gasteiger partial charge in [0.15, 0.2) is 5.96 Å². The van der Waals surface area contributed by atoms with Gasteiger partial charge in [0.25, 0.3) is 0 Å². The second-order valence-corrected chi connectivity index (χ2v) is 7.24. The summed E-state index contributed by atoms with van der Waals surface area (Å²) in [7, 11) is 0. The highest BCUT2D eigenvalue weighted by Crippen LogP contribution is 2.00. The summed E-state index contributed by atoms with van der Waals surface area (Å²) in [5.41, 5.74) is 21.9. The molecule has 16 heteroatoms. The van der Waals surface area contributed by atoms with E-state index in [9.17, 15) is 29.1 Å². The van der Waals surface area contributed by atoms with Crippen LogP contribution in [-0.4, -0.2) is 81.8 Å². The molecule has 0 aromatic carbocycles. The van der Waals surface area contributed by atoms with Gasteiger partial charge >= 0.3 is 5.97 Å². The van der Waals surface area contributed by atoms with Crippen LogP contribution in [0.4, 0.5) is 0 Å². The maximum atomic E-state index is 12.4. The molecule has 34 heavy (non-hydrogen) atoms. The summed E-state index contributed by atoms with van der Waals surface area (Å²) in [6.07, 6.45) is 2.77. The number of guanidine groups is 1. The number of aliphatic carboxylic acids is 1. The third kappa shape index (κ3) is 10.9. The van der Waals surface area contributed by atoms with E-state index >= 15 is 0 Å². The average molecular weight is 483 g/mol. The average Bonchev–Trinajstić information content (AvgIpc) is 3.25. The van der Waals surface area contributed by atoms with Crippen LogP contribution < -0.4 is 38.9 Å². The maximum Gasteiger partial charge on any atom is 0.326 e. The van der Waals surface area contributed by atoms with Crippen molar-refractivity contribution in [3.8, 4) is 0 Å². The highest BCUT2D eigenvalue weighted by atomic mass is 16.4. The van der Waals surface area contributed by atoms with E-state index in [1.165, 1.54) is 12.5 Å². The molecule has 1 heterocycles. The van der Waals surface area contributed by atoms with Gasteiger partial charge in [0.2, 0.25) is 23.6 Å². The number of carboxylic acid groups (broad SMARTS) is 1. The lowest BCUT2D eigenvalue weighted by atomic mass is 10.1. The summed E-state index contributed by atoms with van der Waals surface area (Å²) in [4.78, 5) is 69.8. The summed E-state index contributed by atoms with van der Waals surface area (Å²) in [6.45, 7) is -0.433. The molecule has 0 fully saturated rings. The molecule has 0 saturated carbocycles. The third-order valence-electron chi connectivity index (χ3n) is 4.37. The van der Waals surface area contributed by atoms with E-state index in [1.807, 2.05) is 0 Å². The summed E-state index contributed by atoms with van der Waals surface area (Å²) < 4.78 is 0. The third-order valence-corrected chi connectivity index (χ3v) is 4.37. The van der Waals surface area contributed by atoms with Gasteiger partial charge in [0.05, 0.1) is 25.3 Å². The second-order valence-electron chi connectivity index (χ2n) is 7.24. The fourth-order valence-electron chi connectivity index (χ4n) is 2.71. The number of amides is 4. The molecule has 13 N–H and O–H groups in total. The van der Waals surface area contributed by atoms with Gasteiger partial charge in [-0.1, -0.05) is 0 Å². The number of nitrogens with zero attached hydrogens (tertiary/aromatic N) is 2. The molecule has 0 spiro atoms. The first kappa shape index (κ1) is 27.8. The van der Waals surface area contributed by atoms with Crippen molar-refractivity contribution in [2.24, 2.45) is 27.9 Å². The molecule has 1 aromatic rings. The largest absolute Gasteiger partial charge is 0.480 e. The Bertz CT molecular complexity index is 884. The predicted molar refractivity (Wildman–Crippen MR) is 118 cm³/mol. The first-order chi connectivity index (χ1) is 16.0. The quantitative estimate of drug-likeness (QED) is 0.0654. The Hall–Kier alpha value is -4.21. The lowest BCUT2D eigenvalue weighted by molar-refractivity contribution is -0.142. The normalized spacial score (nSPS) is 13.1. The van der Waals surface area contributed by atoms with Crippen molar-refractivity contribution in [2.45, 2.75) is 43.8 Å². The molecule has 1 aromatic heterocycles. The molecular weight excluding hydrogens is 452 g/mol. The number of primary amides is 1. The number of nitrogens with two attached hydrogens (primary N) is 4. The Kier molecular flexibility index (Phi) is 11.5. The Morgan fingerprint density at radius 1 is 1.09 bits per heavy atom. The van der Waals surface area contributed by atoms with Crippen LogP contribution in [-0.2, 0) is 30.4 Å². The number of aromatic nitrogens is 2. The fourth-order valence-corrected chi connectivity index (χ4v) is 2.71. The zero-order valence-corrected chi connectivity index (χ0v) is 18.3. The zero-order chi connectivity index (χ0) is 25.7. The van der Waals surface area contributed by atoms with Crippen LogP contribution in [0, 0.1) is 0 Å². The van der Waals surface area contributed by atoms with Crippen LogP contribution in [0.1, 0.15) is 25.0 Å². The van der Waals surface area contributed by atoms with E-state index in [-0.39, 0.29) is 31.8 Å². The maximum absolute atomic E-state index is 12.4. The van der Waals surface area contributed by atoms with Crippen molar-refractivity contribution >= 4 is 35.6 Å². The van der Waals surface area contributed by atoms with E-state index < -0.39 is 60.7 Å². The van der Waals surface area contributed by atoms with Gasteiger partial charge in [-0.15, -0.1) is 0 Å². The SMILES string of the molecule is NC(=O)CC(NC(=O)C(N)Cc1cnc[nH]1)C(=O)NCC(=O)NC(CCCN=C(N)N)C(=O)O. The van der Waals surface area contributed by atoms with E-state index in [2.05, 4.69) is 30.9 Å². The van der Waals surface area contributed by atoms with Crippen molar-refractivity contribution in [3.63, 3.8) is 0 Å². The van der Waals surface area contributed by atoms with Crippen molar-refractivity contribution in [2.75, 3.05) is 13.1 Å². The fraction of sp³-hybridized carbons (Fsp3) is 0.500. The van der Waals surface area contributed by atoms with E-state index in [0.717, 1.165) is 0 Å². The summed E-state index contributed by atoms with van der Waals surface area (Å²) in [5.74, 6) is -4.71. The highest BCUT2D eigenvalue weighted by molar-refractivity contribution is 5.95. The number of aromatic amines is 1. The lowest BCUT2D eigenvalue weighted by Gasteiger charge is -2.20. The van der Waals surface area contributed by atoms with Crippen LogP contribution in [0.2, 0.25) is 0 Å². The van der Waals surface area contributed by atoms with Crippen LogP contribution in [0.25, 0.3) is 0 Å². The molecular formula is C18H30N10O6. The van der Waals surface area contributed by atoms with Crippen LogP contribution >= 0.6 is 0 Å². The lowest BCUT2D eigenvalue weighted by Crippen LogP contribution is -2.54. The number of hydrogen-bond acceptors (Lipinski definition) is 8. The first-order valence-electron chi connectivity index (χ1n) is 10.2. The van der Waals surface area contributed by atoms with Crippen LogP contribution in [0.5, 0.6) is 0 Å². The number of carbonyl (C=O) groups is 5. The van der Waals surface area contributed by atoms with Crippen LogP contribution in [0.15, 0.2) is 17.5 Å². The number of H-pyrrole nitrogens is 1. The molecule has 0 saturated heterocycles. The number of carbonyl (C=O) groups excluding carboxylic acids is 4. The van der Waals surface area contributed by atoms with Gasteiger partial charge in [-0.3, -0.25) is 24.2 Å². The molecule has 0 bridgehead atoms. The van der Waals surface area contributed by atoms with Crippen molar-refractivity contribution in [1.82, 2.24) is 25.9 Å². The first-order valence-corrected chi connectivity index (χ1v) is 10.2. The molecule has 16 nitrogen and oxygen atoms in total. The standard InChI is InChI=1S/C18H30N10O6/c19-10(4-9-6-23-8-26-9)15(31)28-12(5-13(20)29)16(32)25-7-14(30)27-11(17(33)34)2-1-3-24-18(21)22/h6,8,10-12H,1-5,7,19H2,(H2,20,29)(H,23,26)(H,25,32)(H,27,30)(H,28,31)(H,33,34)(H4,21,22,24). The molecule has 3 atom stereocenters. The monoisotopic (exact) mass is 482 g/mol. The van der Waals surface area contributed by atoms with E-state index in [0.29, 0.717) is 5.69 Å². The number of rotatable bonds is 15. The Balaban J connectivity index is 2.60. The van der Waals surface area contributed by atoms with Crippen molar-refractivity contribution in [1.29, 1.82) is 0 Å². The van der Waals surface area contributed by atoms with Gasteiger partial charge in [-0.05, 0) is 12.8 Å². The van der Waals surface area contributed by atoms with E-state index in [4.69, 9.17) is 22.9 Å². The molecule has 0 aliphatic heterocycles. The molecule has 0 aliphatic rings. The molecule has 0 radical (unpaired) electrons. The van der Waals surface area contributed by atoms with Gasteiger partial charge in [-0.2, -0.15) is 0 Å². The summed E-state index contributed by atoms with van der Waals surface area (Å²) in [6, 6.07) is -3.68. The number of hydrogen-bond donors (Lipinski definition) is 9. The van der Waals surface area contributed by atoms with Gasteiger partial charge in [-0.25, -0.2) is 9.78 Å². The van der Waals surface area contributed by atoms with Crippen molar-refractivity contribution < 1.29 is 29.1 Å². The second kappa shape index (κ2) is 14.0. The molecule has 3 unspecified atom stereocenters. The summed E-state index contributed by atoms with van der Waals surface area (Å²) in [5, 5.41) is 16.0. The van der Waals surface area contributed by atoms with Gasteiger partial charge in [0.1, 0.15) is 12.1 Å². The number of aliphatic imine (C=N–C) groups is 1. The predicted octanol–water partition coefficient (Wildman–Crippen LogP) is -4.62. The zero-order valence-electron chi connectivity index (χ0n) is 18.3. The minimum atomic E-state index is -1.39. The van der Waals surface area contributed by atoms with Crippen LogP contribution in [0.3, 0.4) is 0 Å². The van der Waals surface area contributed by atoms with Crippen molar-refractivity contribution in [3.05, 3.63) is 18.2 Å². The molecule has 4 amide bonds. The molecule has 0 aliphatic carbocycles. The van der Waals surface area contributed by atoms with Gasteiger partial charge in [0, 0.05) is 24.9 Å². The topological polar surface area (TPSA) is 287 Å². The smallest absolute Gasteiger partial charge is 0.326 e. The number of carboxylic acids is 1. The molecule has 1 rings (SSSR count). The number of imidazole rings is 1. The summed E-state index contributed by atoms with van der Waals surface area (Å²) >= 11 is 0. The Morgan fingerprint density at radius 3 is 2.35 bits per heavy atom. The minimum Gasteiger partial charge on any atom is -0.480 e.